The molecule has 14 heavy (non-hydrogen) atoms. The molecule has 3 heteroatoms. The van der Waals surface area contributed by atoms with Gasteiger partial charge in [0.05, 0.1) is 0 Å². The maximum absolute atomic E-state index is 12.8. The highest BCUT2D eigenvalue weighted by Gasteiger charge is 2.14. The van der Waals surface area contributed by atoms with Gasteiger partial charge >= 0.3 is 0 Å². The smallest absolute Gasteiger partial charge is 0.123 e. The Morgan fingerprint density at radius 3 is 2.93 bits per heavy atom. The number of hydrogen-bond acceptors (Lipinski definition) is 2. The van der Waals surface area contributed by atoms with Crippen molar-refractivity contribution in [1.82, 2.24) is 10.6 Å². The molecule has 0 spiro atoms. The first kappa shape index (κ1) is 9.62. The van der Waals surface area contributed by atoms with E-state index in [0.29, 0.717) is 6.04 Å². The summed E-state index contributed by atoms with van der Waals surface area (Å²) < 4.78 is 12.8. The predicted molar refractivity (Wildman–Crippen MR) is 54.8 cm³/mol. The Kier molecular flexibility index (Phi) is 3.11. The second-order valence-corrected chi connectivity index (χ2v) is 3.69. The fourth-order valence-corrected chi connectivity index (χ4v) is 1.55. The molecule has 1 saturated heterocycles. The van der Waals surface area contributed by atoms with Crippen molar-refractivity contribution in [2.75, 3.05) is 19.6 Å². The zero-order valence-corrected chi connectivity index (χ0v) is 8.09. The van der Waals surface area contributed by atoms with E-state index < -0.39 is 0 Å². The predicted octanol–water partition coefficient (Wildman–Crippen LogP) is 0.930. The van der Waals surface area contributed by atoms with E-state index in [1.54, 1.807) is 12.1 Å². The van der Waals surface area contributed by atoms with Crippen LogP contribution >= 0.6 is 0 Å². The molecule has 2 rings (SSSR count). The van der Waals surface area contributed by atoms with E-state index in [4.69, 9.17) is 0 Å². The Bertz CT molecular complexity index is 297. The van der Waals surface area contributed by atoms with Crippen LogP contribution in [0, 0.1) is 5.82 Å². The summed E-state index contributed by atoms with van der Waals surface area (Å²) in [6, 6.07) is 7.41. The van der Waals surface area contributed by atoms with Gasteiger partial charge in [0.1, 0.15) is 5.82 Å². The molecule has 0 bridgehead atoms. The van der Waals surface area contributed by atoms with Gasteiger partial charge in [-0.3, -0.25) is 0 Å². The monoisotopic (exact) mass is 194 g/mol. The maximum atomic E-state index is 12.8. The van der Waals surface area contributed by atoms with Gasteiger partial charge in [-0.1, -0.05) is 12.1 Å². The summed E-state index contributed by atoms with van der Waals surface area (Å²) in [5, 5.41) is 6.60. The zero-order chi connectivity index (χ0) is 9.80. The minimum absolute atomic E-state index is 0.146. The molecule has 0 aliphatic carbocycles. The van der Waals surface area contributed by atoms with E-state index >= 15 is 0 Å². The minimum atomic E-state index is -0.146. The van der Waals surface area contributed by atoms with Crippen molar-refractivity contribution < 1.29 is 4.39 Å². The third-order valence-electron chi connectivity index (χ3n) is 2.52. The van der Waals surface area contributed by atoms with Gasteiger partial charge in [-0.2, -0.15) is 0 Å². The molecular weight excluding hydrogens is 179 g/mol. The van der Waals surface area contributed by atoms with Crippen molar-refractivity contribution in [3.63, 3.8) is 0 Å². The highest BCUT2D eigenvalue weighted by Crippen LogP contribution is 2.03. The van der Waals surface area contributed by atoms with E-state index in [-0.39, 0.29) is 5.82 Å². The van der Waals surface area contributed by atoms with Crippen molar-refractivity contribution in [2.24, 2.45) is 0 Å². The molecule has 76 valence electrons. The first-order valence-corrected chi connectivity index (χ1v) is 5.03. The van der Waals surface area contributed by atoms with Crippen LogP contribution in [0.2, 0.25) is 0 Å². The van der Waals surface area contributed by atoms with Crippen LogP contribution in [-0.4, -0.2) is 25.7 Å². The van der Waals surface area contributed by atoms with Gasteiger partial charge in [-0.15, -0.1) is 0 Å². The van der Waals surface area contributed by atoms with E-state index in [9.17, 15) is 4.39 Å². The van der Waals surface area contributed by atoms with Gasteiger partial charge in [0.15, 0.2) is 0 Å². The summed E-state index contributed by atoms with van der Waals surface area (Å²) in [6.45, 7) is 3.04. The number of halogens is 1. The van der Waals surface area contributed by atoms with Crippen molar-refractivity contribution in [3.8, 4) is 0 Å². The Labute approximate surface area is 83.5 Å². The molecule has 1 aromatic carbocycles. The van der Waals surface area contributed by atoms with Crippen molar-refractivity contribution in [1.29, 1.82) is 0 Å². The third kappa shape index (κ3) is 2.53. The zero-order valence-electron chi connectivity index (χ0n) is 8.09. The Morgan fingerprint density at radius 2 is 2.29 bits per heavy atom. The minimum Gasteiger partial charge on any atom is -0.314 e. The Morgan fingerprint density at radius 1 is 1.43 bits per heavy atom. The molecule has 2 N–H and O–H groups in total. The van der Waals surface area contributed by atoms with Gasteiger partial charge < -0.3 is 10.6 Å². The molecule has 0 atom stereocenters. The van der Waals surface area contributed by atoms with Gasteiger partial charge in [0, 0.05) is 19.1 Å². The van der Waals surface area contributed by atoms with Gasteiger partial charge in [-0.25, -0.2) is 4.39 Å². The van der Waals surface area contributed by atoms with Crippen LogP contribution in [-0.2, 0) is 6.42 Å². The lowest BCUT2D eigenvalue weighted by atomic mass is 10.1. The van der Waals surface area contributed by atoms with E-state index in [0.717, 1.165) is 31.6 Å². The molecule has 1 fully saturated rings. The second-order valence-electron chi connectivity index (χ2n) is 3.69. The first-order chi connectivity index (χ1) is 6.84. The quantitative estimate of drug-likeness (QED) is 0.745. The number of benzene rings is 1. The molecule has 0 aromatic heterocycles. The molecule has 1 aromatic rings. The summed E-state index contributed by atoms with van der Waals surface area (Å²) in [7, 11) is 0. The van der Waals surface area contributed by atoms with Crippen LogP contribution in [0.1, 0.15) is 5.56 Å². The molecule has 1 aliphatic rings. The standard InChI is InChI=1S/C11H15FN2/c12-10-3-1-2-9(6-10)4-5-14-11-7-13-8-11/h1-3,6,11,13-14H,4-5,7-8H2. The Balaban J connectivity index is 1.74. The molecule has 0 unspecified atom stereocenters. The third-order valence-corrected chi connectivity index (χ3v) is 2.52. The first-order valence-electron chi connectivity index (χ1n) is 5.03. The van der Waals surface area contributed by atoms with Gasteiger partial charge in [-0.05, 0) is 30.7 Å². The highest BCUT2D eigenvalue weighted by molar-refractivity contribution is 5.16. The average molecular weight is 194 g/mol. The van der Waals surface area contributed by atoms with Crippen LogP contribution in [0.15, 0.2) is 24.3 Å². The molecule has 1 heterocycles. The fourth-order valence-electron chi connectivity index (χ4n) is 1.55. The lowest BCUT2D eigenvalue weighted by molar-refractivity contribution is 0.369. The number of rotatable bonds is 4. The van der Waals surface area contributed by atoms with Gasteiger partial charge in [0.2, 0.25) is 0 Å². The van der Waals surface area contributed by atoms with Gasteiger partial charge in [0.25, 0.3) is 0 Å². The van der Waals surface area contributed by atoms with E-state index in [2.05, 4.69) is 10.6 Å². The summed E-state index contributed by atoms with van der Waals surface area (Å²) in [5.74, 6) is -0.146. The average Bonchev–Trinajstić information content (AvgIpc) is 2.09. The van der Waals surface area contributed by atoms with Crippen molar-refractivity contribution in [3.05, 3.63) is 35.6 Å². The number of nitrogens with one attached hydrogen (secondary N) is 2. The summed E-state index contributed by atoms with van der Waals surface area (Å²) in [5.41, 5.74) is 1.06. The topological polar surface area (TPSA) is 24.1 Å². The normalized spacial score (nSPS) is 16.6. The lowest BCUT2D eigenvalue weighted by Gasteiger charge is -2.28. The van der Waals surface area contributed by atoms with Crippen LogP contribution < -0.4 is 10.6 Å². The van der Waals surface area contributed by atoms with Crippen molar-refractivity contribution >= 4 is 0 Å². The molecule has 0 amide bonds. The van der Waals surface area contributed by atoms with E-state index in [1.807, 2.05) is 6.07 Å². The second kappa shape index (κ2) is 4.53. The molecule has 0 radical (unpaired) electrons. The van der Waals surface area contributed by atoms with Crippen molar-refractivity contribution in [2.45, 2.75) is 12.5 Å². The largest absolute Gasteiger partial charge is 0.314 e. The summed E-state index contributed by atoms with van der Waals surface area (Å²) in [4.78, 5) is 0. The summed E-state index contributed by atoms with van der Waals surface area (Å²) >= 11 is 0. The SMILES string of the molecule is Fc1cccc(CCNC2CNC2)c1. The van der Waals surface area contributed by atoms with Crippen LogP contribution in [0.5, 0.6) is 0 Å². The molecule has 0 saturated carbocycles. The van der Waals surface area contributed by atoms with Crippen LogP contribution in [0.25, 0.3) is 0 Å². The van der Waals surface area contributed by atoms with Crippen LogP contribution in [0.3, 0.4) is 0 Å². The highest BCUT2D eigenvalue weighted by atomic mass is 19.1. The molecule has 1 aliphatic heterocycles. The molecule has 2 nitrogen and oxygen atoms in total. The van der Waals surface area contributed by atoms with Crippen LogP contribution in [0.4, 0.5) is 4.39 Å². The fraction of sp³-hybridized carbons (Fsp3) is 0.455. The number of hydrogen-bond donors (Lipinski definition) is 2. The summed E-state index contributed by atoms with van der Waals surface area (Å²) in [6.07, 6.45) is 0.897. The van der Waals surface area contributed by atoms with E-state index in [1.165, 1.54) is 6.07 Å². The lowest BCUT2D eigenvalue weighted by Crippen LogP contribution is -2.55. The maximum Gasteiger partial charge on any atom is 0.123 e. The molecular formula is C11H15FN2. The Hall–Kier alpha value is -0.930.